The summed E-state index contributed by atoms with van der Waals surface area (Å²) in [4.78, 5) is 49.6. The normalized spacial score (nSPS) is 12.4. The summed E-state index contributed by atoms with van der Waals surface area (Å²) in [6, 6.07) is 11.9. The van der Waals surface area contributed by atoms with E-state index in [1.807, 2.05) is 51.1 Å². The molecule has 0 spiro atoms. The number of benzene rings is 2. The molecule has 37 heavy (non-hydrogen) atoms. The maximum atomic E-state index is 12.9. The Morgan fingerprint density at radius 1 is 0.784 bits per heavy atom. The van der Waals surface area contributed by atoms with E-state index in [1.54, 1.807) is 32.9 Å². The van der Waals surface area contributed by atoms with Crippen molar-refractivity contribution in [2.24, 2.45) is 0 Å². The third-order valence-corrected chi connectivity index (χ3v) is 5.11. The number of carbonyl (C=O) groups is 4. The number of unbranched alkanes of at least 4 members (excludes halogenated alkanes) is 2. The average Bonchev–Trinajstić information content (AvgIpc) is 2.78. The second-order valence-electron chi connectivity index (χ2n) is 10.9. The van der Waals surface area contributed by atoms with Crippen molar-refractivity contribution in [2.45, 2.75) is 90.9 Å². The van der Waals surface area contributed by atoms with Crippen LogP contribution in [0.15, 0.2) is 42.5 Å². The number of amides is 3. The summed E-state index contributed by atoms with van der Waals surface area (Å²) in [5.74, 6) is -1.33. The molecule has 0 saturated carbocycles. The Balaban J connectivity index is 1.92. The molecular weight excluding hydrogens is 474 g/mol. The van der Waals surface area contributed by atoms with Gasteiger partial charge in [-0.15, -0.1) is 0 Å². The van der Waals surface area contributed by atoms with Crippen LogP contribution in [0.5, 0.6) is 0 Å². The molecule has 0 aliphatic rings. The Morgan fingerprint density at radius 2 is 1.43 bits per heavy atom. The number of nitrogens with one attached hydrogen (secondary N) is 3. The first-order chi connectivity index (χ1) is 17.2. The molecule has 3 amide bonds. The second-order valence-corrected chi connectivity index (χ2v) is 10.9. The van der Waals surface area contributed by atoms with Gasteiger partial charge >= 0.3 is 12.1 Å². The van der Waals surface area contributed by atoms with Crippen LogP contribution in [-0.4, -0.2) is 41.1 Å². The lowest BCUT2D eigenvalue weighted by atomic mass is 10.1. The fourth-order valence-corrected chi connectivity index (χ4v) is 3.51. The van der Waals surface area contributed by atoms with E-state index in [0.717, 1.165) is 10.8 Å². The molecule has 0 fully saturated rings. The van der Waals surface area contributed by atoms with Crippen molar-refractivity contribution in [3.63, 3.8) is 0 Å². The summed E-state index contributed by atoms with van der Waals surface area (Å²) in [7, 11) is 0. The molecular formula is C28H39N3O6. The van der Waals surface area contributed by atoms with Crippen LogP contribution in [0, 0.1) is 0 Å². The average molecular weight is 514 g/mol. The van der Waals surface area contributed by atoms with Crippen LogP contribution in [0.25, 0.3) is 10.8 Å². The first-order valence-corrected chi connectivity index (χ1v) is 12.5. The first-order valence-electron chi connectivity index (χ1n) is 12.5. The SMILES string of the molecule is CC(C)(C)OC(=O)CCCCCC(NC(=O)OC(C)(C)C)C(=O)NNC(=O)c1ccc2ccccc2c1. The summed E-state index contributed by atoms with van der Waals surface area (Å²) >= 11 is 0. The van der Waals surface area contributed by atoms with Crippen molar-refractivity contribution in [3.05, 3.63) is 48.0 Å². The van der Waals surface area contributed by atoms with Crippen molar-refractivity contribution in [1.82, 2.24) is 16.2 Å². The molecule has 0 aliphatic carbocycles. The number of hydrogen-bond donors (Lipinski definition) is 3. The van der Waals surface area contributed by atoms with Crippen molar-refractivity contribution in [1.29, 1.82) is 0 Å². The topological polar surface area (TPSA) is 123 Å². The molecule has 1 atom stereocenters. The fraction of sp³-hybridized carbons (Fsp3) is 0.500. The van der Waals surface area contributed by atoms with Gasteiger partial charge in [0.1, 0.15) is 17.2 Å². The zero-order valence-electron chi connectivity index (χ0n) is 22.6. The Morgan fingerprint density at radius 3 is 2.08 bits per heavy atom. The molecule has 0 aliphatic heterocycles. The van der Waals surface area contributed by atoms with Crippen molar-refractivity contribution < 1.29 is 28.7 Å². The lowest BCUT2D eigenvalue weighted by molar-refractivity contribution is -0.155. The van der Waals surface area contributed by atoms with Crippen LogP contribution in [0.4, 0.5) is 4.79 Å². The Kier molecular flexibility index (Phi) is 10.5. The zero-order valence-corrected chi connectivity index (χ0v) is 22.6. The van der Waals surface area contributed by atoms with Crippen LogP contribution < -0.4 is 16.2 Å². The number of ether oxygens (including phenoxy) is 2. The summed E-state index contributed by atoms with van der Waals surface area (Å²) in [6.07, 6.45) is 1.65. The maximum absolute atomic E-state index is 12.9. The van der Waals surface area contributed by atoms with Crippen LogP contribution >= 0.6 is 0 Å². The lowest BCUT2D eigenvalue weighted by Crippen LogP contribution is -2.53. The molecule has 0 bridgehead atoms. The molecule has 0 saturated heterocycles. The second kappa shape index (κ2) is 13.1. The molecule has 3 N–H and O–H groups in total. The Bertz CT molecular complexity index is 1100. The minimum absolute atomic E-state index is 0.273. The van der Waals surface area contributed by atoms with Gasteiger partial charge in [-0.25, -0.2) is 4.79 Å². The van der Waals surface area contributed by atoms with E-state index in [4.69, 9.17) is 9.47 Å². The molecule has 202 valence electrons. The Hall–Kier alpha value is -3.62. The highest BCUT2D eigenvalue weighted by molar-refractivity contribution is 5.99. The van der Waals surface area contributed by atoms with Crippen LogP contribution in [0.2, 0.25) is 0 Å². The molecule has 2 aromatic rings. The fourth-order valence-electron chi connectivity index (χ4n) is 3.51. The van der Waals surface area contributed by atoms with Gasteiger partial charge in [-0.3, -0.25) is 25.2 Å². The number of esters is 1. The van der Waals surface area contributed by atoms with E-state index in [2.05, 4.69) is 16.2 Å². The summed E-state index contributed by atoms with van der Waals surface area (Å²) in [5.41, 5.74) is 3.93. The number of alkyl carbamates (subject to hydrolysis) is 1. The van der Waals surface area contributed by atoms with Gasteiger partial charge in [0.05, 0.1) is 0 Å². The van der Waals surface area contributed by atoms with Gasteiger partial charge in [0.15, 0.2) is 0 Å². The lowest BCUT2D eigenvalue weighted by Gasteiger charge is -2.23. The van der Waals surface area contributed by atoms with Gasteiger partial charge in [-0.2, -0.15) is 0 Å². The van der Waals surface area contributed by atoms with E-state index >= 15 is 0 Å². The molecule has 2 rings (SSSR count). The number of carbonyl (C=O) groups excluding carboxylic acids is 4. The molecule has 0 heterocycles. The summed E-state index contributed by atoms with van der Waals surface area (Å²) in [5, 5.41) is 4.47. The number of fused-ring (bicyclic) bond motifs is 1. The van der Waals surface area contributed by atoms with E-state index in [0.29, 0.717) is 31.2 Å². The van der Waals surface area contributed by atoms with Gasteiger partial charge < -0.3 is 14.8 Å². The number of rotatable bonds is 9. The van der Waals surface area contributed by atoms with Crippen molar-refractivity contribution in [3.8, 4) is 0 Å². The van der Waals surface area contributed by atoms with Crippen molar-refractivity contribution in [2.75, 3.05) is 0 Å². The maximum Gasteiger partial charge on any atom is 0.408 e. The molecule has 0 radical (unpaired) electrons. The molecule has 0 aromatic heterocycles. The molecule has 2 aromatic carbocycles. The van der Waals surface area contributed by atoms with Crippen LogP contribution in [-0.2, 0) is 19.1 Å². The van der Waals surface area contributed by atoms with E-state index in [9.17, 15) is 19.2 Å². The van der Waals surface area contributed by atoms with E-state index in [1.165, 1.54) is 0 Å². The minimum Gasteiger partial charge on any atom is -0.460 e. The number of hydrogen-bond acceptors (Lipinski definition) is 6. The molecule has 9 heteroatoms. The summed E-state index contributed by atoms with van der Waals surface area (Å²) < 4.78 is 10.6. The van der Waals surface area contributed by atoms with Crippen LogP contribution in [0.3, 0.4) is 0 Å². The highest BCUT2D eigenvalue weighted by Gasteiger charge is 2.25. The monoisotopic (exact) mass is 513 g/mol. The van der Waals surface area contributed by atoms with E-state index < -0.39 is 35.2 Å². The van der Waals surface area contributed by atoms with Crippen molar-refractivity contribution >= 4 is 34.6 Å². The molecule has 9 nitrogen and oxygen atoms in total. The first kappa shape index (κ1) is 29.6. The van der Waals surface area contributed by atoms with Gasteiger partial charge in [-0.05, 0) is 77.3 Å². The van der Waals surface area contributed by atoms with E-state index in [-0.39, 0.29) is 12.4 Å². The van der Waals surface area contributed by atoms with Gasteiger partial charge in [0, 0.05) is 12.0 Å². The van der Waals surface area contributed by atoms with Gasteiger partial charge in [0.25, 0.3) is 11.8 Å². The predicted molar refractivity (Wildman–Crippen MR) is 142 cm³/mol. The highest BCUT2D eigenvalue weighted by Crippen LogP contribution is 2.16. The predicted octanol–water partition coefficient (Wildman–Crippen LogP) is 4.79. The third kappa shape index (κ3) is 11.3. The molecule has 1 unspecified atom stereocenters. The minimum atomic E-state index is -0.937. The summed E-state index contributed by atoms with van der Waals surface area (Å²) in [6.45, 7) is 10.6. The quantitative estimate of drug-likeness (QED) is 0.252. The smallest absolute Gasteiger partial charge is 0.408 e. The number of hydrazine groups is 1. The zero-order chi connectivity index (χ0) is 27.6. The van der Waals surface area contributed by atoms with Gasteiger partial charge in [0.2, 0.25) is 0 Å². The van der Waals surface area contributed by atoms with Crippen LogP contribution in [0.1, 0.15) is 84.0 Å². The third-order valence-electron chi connectivity index (χ3n) is 5.11. The highest BCUT2D eigenvalue weighted by atomic mass is 16.6. The standard InChI is InChI=1S/C28H39N3O6/c1-27(2,3)36-23(32)15-9-7-8-14-22(29-26(35)37-28(4,5)6)25(34)31-30-24(33)21-17-16-19-12-10-11-13-20(19)18-21/h10-13,16-18,22H,7-9,14-15H2,1-6H3,(H,29,35)(H,30,33)(H,31,34). The Labute approximate surface area is 218 Å². The largest absolute Gasteiger partial charge is 0.460 e. The van der Waals surface area contributed by atoms with Gasteiger partial charge in [-0.1, -0.05) is 43.2 Å².